The molecule has 1 aliphatic heterocycles. The van der Waals surface area contributed by atoms with Gasteiger partial charge in [-0.15, -0.1) is 0 Å². The molecule has 0 spiro atoms. The molecule has 1 aromatic heterocycles. The Morgan fingerprint density at radius 2 is 2.00 bits per heavy atom. The quantitative estimate of drug-likeness (QED) is 0.729. The summed E-state index contributed by atoms with van der Waals surface area (Å²) in [4.78, 5) is 13.6. The summed E-state index contributed by atoms with van der Waals surface area (Å²) in [5.41, 5.74) is 0. The van der Waals surface area contributed by atoms with Gasteiger partial charge in [-0.3, -0.25) is 4.68 Å². The fourth-order valence-electron chi connectivity index (χ4n) is 1.87. The summed E-state index contributed by atoms with van der Waals surface area (Å²) in [6.07, 6.45) is 7.54. The van der Waals surface area contributed by atoms with Crippen molar-refractivity contribution in [1.82, 2.24) is 14.7 Å². The summed E-state index contributed by atoms with van der Waals surface area (Å²) in [6, 6.07) is 0. The van der Waals surface area contributed by atoms with Crippen molar-refractivity contribution in [2.24, 2.45) is 7.05 Å². The molecular formula is C11H17N3O2. The minimum atomic E-state index is -0.255. The minimum absolute atomic E-state index is 0.255. The van der Waals surface area contributed by atoms with Crippen molar-refractivity contribution in [3.05, 3.63) is 12.4 Å². The van der Waals surface area contributed by atoms with E-state index in [1.165, 1.54) is 12.8 Å². The molecule has 16 heavy (non-hydrogen) atoms. The third kappa shape index (κ3) is 2.74. The largest absolute Gasteiger partial charge is 0.415 e. The lowest BCUT2D eigenvalue weighted by Crippen LogP contribution is -2.34. The van der Waals surface area contributed by atoms with Gasteiger partial charge in [-0.25, -0.2) is 4.79 Å². The summed E-state index contributed by atoms with van der Waals surface area (Å²) in [7, 11) is 1.79. The van der Waals surface area contributed by atoms with Crippen LogP contribution in [-0.4, -0.2) is 33.9 Å². The number of hydrogen-bond donors (Lipinski definition) is 0. The maximum Gasteiger partial charge on any atom is 0.415 e. The second-order valence-corrected chi connectivity index (χ2v) is 4.12. The van der Waals surface area contributed by atoms with Crippen LogP contribution in [0.2, 0.25) is 0 Å². The van der Waals surface area contributed by atoms with Gasteiger partial charge in [0.2, 0.25) is 0 Å². The van der Waals surface area contributed by atoms with E-state index in [2.05, 4.69) is 5.10 Å². The second kappa shape index (κ2) is 5.01. The molecule has 0 radical (unpaired) electrons. The third-order valence-corrected chi connectivity index (χ3v) is 2.75. The Balaban J connectivity index is 1.91. The van der Waals surface area contributed by atoms with E-state index in [0.29, 0.717) is 5.75 Å². The predicted molar refractivity (Wildman–Crippen MR) is 59.3 cm³/mol. The van der Waals surface area contributed by atoms with Gasteiger partial charge in [0.15, 0.2) is 5.75 Å². The zero-order chi connectivity index (χ0) is 11.4. The number of carbonyl (C=O) groups excluding carboxylic acids is 1. The number of likely N-dealkylation sites (tertiary alicyclic amines) is 1. The van der Waals surface area contributed by atoms with Crippen molar-refractivity contribution in [3.8, 4) is 5.75 Å². The second-order valence-electron chi connectivity index (χ2n) is 4.12. The van der Waals surface area contributed by atoms with Crippen LogP contribution in [0.1, 0.15) is 25.7 Å². The fraction of sp³-hybridized carbons (Fsp3) is 0.636. The van der Waals surface area contributed by atoms with Crippen LogP contribution in [0.4, 0.5) is 4.79 Å². The molecule has 0 unspecified atom stereocenters. The molecule has 0 atom stereocenters. The maximum atomic E-state index is 11.8. The number of nitrogens with zero attached hydrogens (tertiary/aromatic N) is 3. The summed E-state index contributed by atoms with van der Waals surface area (Å²) < 4.78 is 6.85. The Hall–Kier alpha value is -1.52. The lowest BCUT2D eigenvalue weighted by Gasteiger charge is -2.18. The maximum absolute atomic E-state index is 11.8. The van der Waals surface area contributed by atoms with Crippen molar-refractivity contribution in [2.45, 2.75) is 25.7 Å². The first-order valence-electron chi connectivity index (χ1n) is 5.71. The first-order valence-corrected chi connectivity index (χ1v) is 5.71. The molecule has 5 heteroatoms. The van der Waals surface area contributed by atoms with Crippen LogP contribution in [0, 0.1) is 0 Å². The highest BCUT2D eigenvalue weighted by Crippen LogP contribution is 2.13. The van der Waals surface area contributed by atoms with Crippen molar-refractivity contribution in [3.63, 3.8) is 0 Å². The van der Waals surface area contributed by atoms with Gasteiger partial charge < -0.3 is 9.64 Å². The molecule has 0 aromatic carbocycles. The predicted octanol–water partition coefficient (Wildman–Crippen LogP) is 1.79. The number of aryl methyl sites for hydroxylation is 1. The molecule has 0 bridgehead atoms. The number of rotatable bonds is 1. The molecule has 1 aromatic rings. The van der Waals surface area contributed by atoms with Gasteiger partial charge in [-0.2, -0.15) is 5.10 Å². The highest BCUT2D eigenvalue weighted by Gasteiger charge is 2.17. The minimum Gasteiger partial charge on any atom is -0.407 e. The van der Waals surface area contributed by atoms with E-state index in [4.69, 9.17) is 4.74 Å². The van der Waals surface area contributed by atoms with E-state index >= 15 is 0 Å². The van der Waals surface area contributed by atoms with Gasteiger partial charge in [0, 0.05) is 20.1 Å². The van der Waals surface area contributed by atoms with Crippen LogP contribution in [0.3, 0.4) is 0 Å². The monoisotopic (exact) mass is 223 g/mol. The average Bonchev–Trinajstić information content (AvgIpc) is 2.56. The zero-order valence-electron chi connectivity index (χ0n) is 9.56. The van der Waals surface area contributed by atoms with Crippen LogP contribution in [0.15, 0.2) is 12.4 Å². The van der Waals surface area contributed by atoms with E-state index in [1.54, 1.807) is 29.0 Å². The van der Waals surface area contributed by atoms with E-state index in [1.807, 2.05) is 0 Å². The summed E-state index contributed by atoms with van der Waals surface area (Å²) in [5.74, 6) is 0.511. The highest BCUT2D eigenvalue weighted by atomic mass is 16.6. The van der Waals surface area contributed by atoms with Gasteiger partial charge in [-0.05, 0) is 12.8 Å². The number of ether oxygens (including phenoxy) is 1. The molecule has 0 aliphatic carbocycles. The first kappa shape index (κ1) is 11.0. The van der Waals surface area contributed by atoms with E-state index in [0.717, 1.165) is 25.9 Å². The Bertz CT molecular complexity index is 354. The molecule has 1 saturated heterocycles. The molecule has 2 heterocycles. The molecule has 88 valence electrons. The SMILES string of the molecule is Cn1cc(OC(=O)N2CCCCCC2)cn1. The molecule has 0 saturated carbocycles. The molecule has 5 nitrogen and oxygen atoms in total. The van der Waals surface area contributed by atoms with E-state index in [9.17, 15) is 4.79 Å². The lowest BCUT2D eigenvalue weighted by atomic mass is 10.2. The van der Waals surface area contributed by atoms with Crippen LogP contribution in [0.25, 0.3) is 0 Å². The lowest BCUT2D eigenvalue weighted by molar-refractivity contribution is 0.154. The van der Waals surface area contributed by atoms with E-state index < -0.39 is 0 Å². The van der Waals surface area contributed by atoms with Crippen LogP contribution >= 0.6 is 0 Å². The molecule has 1 fully saturated rings. The van der Waals surface area contributed by atoms with Crippen molar-refractivity contribution >= 4 is 6.09 Å². The normalized spacial score (nSPS) is 16.9. The third-order valence-electron chi connectivity index (χ3n) is 2.75. The number of hydrogen-bond acceptors (Lipinski definition) is 3. The van der Waals surface area contributed by atoms with Gasteiger partial charge in [0.25, 0.3) is 0 Å². The Morgan fingerprint density at radius 1 is 1.31 bits per heavy atom. The van der Waals surface area contributed by atoms with Gasteiger partial charge >= 0.3 is 6.09 Å². The topological polar surface area (TPSA) is 47.4 Å². The van der Waals surface area contributed by atoms with Crippen LogP contribution in [-0.2, 0) is 7.05 Å². The number of carbonyl (C=O) groups is 1. The van der Waals surface area contributed by atoms with Crippen molar-refractivity contribution < 1.29 is 9.53 Å². The van der Waals surface area contributed by atoms with Gasteiger partial charge in [-0.1, -0.05) is 12.8 Å². The molecule has 1 amide bonds. The number of amides is 1. The smallest absolute Gasteiger partial charge is 0.407 e. The van der Waals surface area contributed by atoms with Gasteiger partial charge in [0.05, 0.1) is 12.4 Å². The molecule has 0 N–H and O–H groups in total. The van der Waals surface area contributed by atoms with Crippen molar-refractivity contribution in [1.29, 1.82) is 0 Å². The van der Waals surface area contributed by atoms with Crippen LogP contribution in [0.5, 0.6) is 5.75 Å². The molecule has 2 rings (SSSR count). The number of aromatic nitrogens is 2. The molecular weight excluding hydrogens is 206 g/mol. The molecule has 1 aliphatic rings. The highest BCUT2D eigenvalue weighted by molar-refractivity contribution is 5.70. The fourth-order valence-corrected chi connectivity index (χ4v) is 1.87. The van der Waals surface area contributed by atoms with E-state index in [-0.39, 0.29) is 6.09 Å². The zero-order valence-corrected chi connectivity index (χ0v) is 9.56. The standard InChI is InChI=1S/C11H17N3O2/c1-13-9-10(8-12-13)16-11(15)14-6-4-2-3-5-7-14/h8-9H,2-7H2,1H3. The van der Waals surface area contributed by atoms with Crippen LogP contribution < -0.4 is 4.74 Å². The Labute approximate surface area is 95.0 Å². The van der Waals surface area contributed by atoms with Gasteiger partial charge in [0.1, 0.15) is 0 Å². The first-order chi connectivity index (χ1) is 7.75. The summed E-state index contributed by atoms with van der Waals surface area (Å²) in [6.45, 7) is 1.61. The average molecular weight is 223 g/mol. The Morgan fingerprint density at radius 3 is 2.56 bits per heavy atom. The summed E-state index contributed by atoms with van der Waals surface area (Å²) in [5, 5.41) is 3.95. The summed E-state index contributed by atoms with van der Waals surface area (Å²) >= 11 is 0. The van der Waals surface area contributed by atoms with Crippen molar-refractivity contribution in [2.75, 3.05) is 13.1 Å². The Kier molecular flexibility index (Phi) is 3.44.